The van der Waals surface area contributed by atoms with Crippen molar-refractivity contribution in [1.82, 2.24) is 15.0 Å². The lowest BCUT2D eigenvalue weighted by molar-refractivity contribution is -0.142. The summed E-state index contributed by atoms with van der Waals surface area (Å²) in [4.78, 5) is 10.8. The summed E-state index contributed by atoms with van der Waals surface area (Å²) in [5, 5.41) is 8.08. The van der Waals surface area contributed by atoms with E-state index in [0.717, 1.165) is 13.0 Å². The van der Waals surface area contributed by atoms with E-state index in [0.29, 0.717) is 5.69 Å². The van der Waals surface area contributed by atoms with Crippen LogP contribution in [-0.4, -0.2) is 21.0 Å². The molecule has 0 spiro atoms. The highest BCUT2D eigenvalue weighted by Gasteiger charge is 2.02. The number of ether oxygens (including phenoxy) is 1. The van der Waals surface area contributed by atoms with Crippen molar-refractivity contribution < 1.29 is 9.53 Å². The Labute approximate surface area is 159 Å². The summed E-state index contributed by atoms with van der Waals surface area (Å²) in [6.07, 6.45) is 21.0. The molecule has 26 heavy (non-hydrogen) atoms. The Kier molecular flexibility index (Phi) is 13.8. The lowest BCUT2D eigenvalue weighted by Gasteiger charge is -2.03. The molecule has 150 valence electrons. The lowest BCUT2D eigenvalue weighted by Crippen LogP contribution is -1.99. The molecule has 1 aromatic rings. The Morgan fingerprint density at radius 1 is 0.885 bits per heavy atom. The van der Waals surface area contributed by atoms with Crippen LogP contribution in [0.2, 0.25) is 0 Å². The lowest BCUT2D eigenvalue weighted by atomic mass is 10.0. The van der Waals surface area contributed by atoms with Gasteiger partial charge < -0.3 is 4.74 Å². The van der Waals surface area contributed by atoms with Gasteiger partial charge in [0.15, 0.2) is 0 Å². The Morgan fingerprint density at radius 3 is 1.88 bits per heavy atom. The first-order chi connectivity index (χ1) is 12.7. The summed E-state index contributed by atoms with van der Waals surface area (Å²) in [7, 11) is 0. The molecule has 0 aliphatic heterocycles. The monoisotopic (exact) mass is 365 g/mol. The average Bonchev–Trinajstić information content (AvgIpc) is 3.08. The second kappa shape index (κ2) is 15.8. The van der Waals surface area contributed by atoms with Gasteiger partial charge in [-0.3, -0.25) is 9.48 Å². The van der Waals surface area contributed by atoms with Crippen LogP contribution in [0.4, 0.5) is 0 Å². The third-order valence-electron chi connectivity index (χ3n) is 4.75. The normalized spacial score (nSPS) is 11.0. The van der Waals surface area contributed by atoms with Gasteiger partial charge >= 0.3 is 5.97 Å². The molecule has 0 saturated carbocycles. The van der Waals surface area contributed by atoms with E-state index in [9.17, 15) is 4.79 Å². The molecule has 0 fully saturated rings. The van der Waals surface area contributed by atoms with Crippen molar-refractivity contribution in [3.05, 3.63) is 11.9 Å². The number of hydrogen-bond acceptors (Lipinski definition) is 4. The molecule has 0 atom stereocenters. The van der Waals surface area contributed by atoms with Crippen molar-refractivity contribution in [2.75, 3.05) is 0 Å². The molecule has 0 saturated heterocycles. The maximum atomic E-state index is 10.8. The number of aromatic nitrogens is 3. The molecule has 1 heterocycles. The zero-order valence-electron chi connectivity index (χ0n) is 17.0. The van der Waals surface area contributed by atoms with Crippen LogP contribution in [-0.2, 0) is 22.7 Å². The summed E-state index contributed by atoms with van der Waals surface area (Å²) < 4.78 is 6.76. The quantitative estimate of drug-likeness (QED) is 0.258. The van der Waals surface area contributed by atoms with E-state index in [1.54, 1.807) is 0 Å². The largest absolute Gasteiger partial charge is 0.459 e. The Hall–Kier alpha value is -1.39. The smallest absolute Gasteiger partial charge is 0.303 e. The highest BCUT2D eigenvalue weighted by molar-refractivity contribution is 5.65. The summed E-state index contributed by atoms with van der Waals surface area (Å²) >= 11 is 0. The van der Waals surface area contributed by atoms with Gasteiger partial charge in [-0.1, -0.05) is 95.6 Å². The molecule has 1 rings (SSSR count). The summed E-state index contributed by atoms with van der Waals surface area (Å²) in [5.74, 6) is -0.286. The third-order valence-corrected chi connectivity index (χ3v) is 4.75. The second-order valence-electron chi connectivity index (χ2n) is 7.35. The molecule has 5 heteroatoms. The number of carbonyl (C=O) groups is 1. The SMILES string of the molecule is CCCCCCCCCCCCCCCCn1cc(COC(C)=O)nn1. The van der Waals surface area contributed by atoms with E-state index in [2.05, 4.69) is 17.2 Å². The van der Waals surface area contributed by atoms with Gasteiger partial charge in [0, 0.05) is 13.5 Å². The fraction of sp³-hybridized carbons (Fsp3) is 0.857. The van der Waals surface area contributed by atoms with Crippen LogP contribution < -0.4 is 0 Å². The van der Waals surface area contributed by atoms with Crippen LogP contribution in [0.25, 0.3) is 0 Å². The maximum Gasteiger partial charge on any atom is 0.303 e. The minimum Gasteiger partial charge on any atom is -0.459 e. The van der Waals surface area contributed by atoms with Gasteiger partial charge in [0.1, 0.15) is 12.3 Å². The van der Waals surface area contributed by atoms with Gasteiger partial charge in [0.2, 0.25) is 0 Å². The summed E-state index contributed by atoms with van der Waals surface area (Å²) in [5.41, 5.74) is 0.713. The van der Waals surface area contributed by atoms with Crippen molar-refractivity contribution in [3.8, 4) is 0 Å². The molecular formula is C21H39N3O2. The minimum atomic E-state index is -0.286. The van der Waals surface area contributed by atoms with Crippen LogP contribution in [0.5, 0.6) is 0 Å². The predicted octanol–water partition coefficient (Wildman–Crippen LogP) is 5.82. The maximum absolute atomic E-state index is 10.8. The van der Waals surface area contributed by atoms with Gasteiger partial charge in [-0.05, 0) is 6.42 Å². The zero-order chi connectivity index (χ0) is 18.9. The van der Waals surface area contributed by atoms with Crippen molar-refractivity contribution >= 4 is 5.97 Å². The molecule has 0 amide bonds. The molecule has 1 aromatic heterocycles. The van der Waals surface area contributed by atoms with Gasteiger partial charge in [-0.15, -0.1) is 5.10 Å². The van der Waals surface area contributed by atoms with Crippen LogP contribution in [0, 0.1) is 0 Å². The minimum absolute atomic E-state index is 0.216. The average molecular weight is 366 g/mol. The Bertz CT molecular complexity index is 460. The van der Waals surface area contributed by atoms with Crippen LogP contribution in [0.3, 0.4) is 0 Å². The molecule has 5 nitrogen and oxygen atoms in total. The summed E-state index contributed by atoms with van der Waals surface area (Å²) in [6.45, 7) is 4.79. The van der Waals surface area contributed by atoms with Crippen LogP contribution in [0.1, 0.15) is 109 Å². The molecule has 0 bridgehead atoms. The highest BCUT2D eigenvalue weighted by Crippen LogP contribution is 2.13. The second-order valence-corrected chi connectivity index (χ2v) is 7.35. The van der Waals surface area contributed by atoms with Gasteiger partial charge in [-0.2, -0.15) is 0 Å². The van der Waals surface area contributed by atoms with Crippen molar-refractivity contribution in [3.63, 3.8) is 0 Å². The number of hydrogen-bond donors (Lipinski definition) is 0. The topological polar surface area (TPSA) is 57.0 Å². The number of nitrogens with zero attached hydrogens (tertiary/aromatic N) is 3. The summed E-state index contributed by atoms with van der Waals surface area (Å²) in [6, 6.07) is 0. The van der Waals surface area contributed by atoms with Gasteiger partial charge in [-0.25, -0.2) is 0 Å². The van der Waals surface area contributed by atoms with Gasteiger partial charge in [0.05, 0.1) is 6.20 Å². The van der Waals surface area contributed by atoms with E-state index in [1.165, 1.54) is 90.4 Å². The standard InChI is InChI=1S/C21H39N3O2/c1-3-4-5-6-7-8-9-10-11-12-13-14-15-16-17-24-18-21(22-23-24)19-26-20(2)25/h18H,3-17,19H2,1-2H3. The molecule has 0 aromatic carbocycles. The molecular weight excluding hydrogens is 326 g/mol. The Morgan fingerprint density at radius 2 is 1.38 bits per heavy atom. The zero-order valence-corrected chi connectivity index (χ0v) is 17.0. The van der Waals surface area contributed by atoms with Crippen LogP contribution >= 0.6 is 0 Å². The number of rotatable bonds is 17. The number of esters is 1. The Balaban J connectivity index is 1.84. The fourth-order valence-corrected chi connectivity index (χ4v) is 3.16. The van der Waals surface area contributed by atoms with E-state index in [1.807, 2.05) is 10.9 Å². The van der Waals surface area contributed by atoms with Crippen molar-refractivity contribution in [2.45, 2.75) is 117 Å². The van der Waals surface area contributed by atoms with Crippen LogP contribution in [0.15, 0.2) is 6.20 Å². The predicted molar refractivity (Wildman–Crippen MR) is 106 cm³/mol. The van der Waals surface area contributed by atoms with E-state index >= 15 is 0 Å². The molecule has 0 aliphatic rings. The first-order valence-electron chi connectivity index (χ1n) is 10.7. The van der Waals surface area contributed by atoms with Gasteiger partial charge in [0.25, 0.3) is 0 Å². The first-order valence-corrected chi connectivity index (χ1v) is 10.7. The van der Waals surface area contributed by atoms with Crippen molar-refractivity contribution in [2.24, 2.45) is 0 Å². The van der Waals surface area contributed by atoms with E-state index in [4.69, 9.17) is 4.74 Å². The van der Waals surface area contributed by atoms with E-state index in [-0.39, 0.29) is 12.6 Å². The molecule has 0 N–H and O–H groups in total. The molecule has 0 unspecified atom stereocenters. The number of aryl methyl sites for hydroxylation is 1. The number of carbonyl (C=O) groups excluding carboxylic acids is 1. The third kappa shape index (κ3) is 12.9. The number of unbranched alkanes of at least 4 members (excludes halogenated alkanes) is 13. The fourth-order valence-electron chi connectivity index (χ4n) is 3.16. The van der Waals surface area contributed by atoms with E-state index < -0.39 is 0 Å². The highest BCUT2D eigenvalue weighted by atomic mass is 16.5. The molecule has 0 aliphatic carbocycles. The van der Waals surface area contributed by atoms with Crippen molar-refractivity contribution in [1.29, 1.82) is 0 Å². The molecule has 0 radical (unpaired) electrons. The first kappa shape index (κ1) is 22.7.